The van der Waals surface area contributed by atoms with Crippen LogP contribution < -0.4 is 9.64 Å². The highest BCUT2D eigenvalue weighted by atomic mass is 16.5. The molecule has 0 saturated carbocycles. The lowest BCUT2D eigenvalue weighted by Gasteiger charge is -2.38. The molecule has 0 N–H and O–H groups in total. The Morgan fingerprint density at radius 2 is 1.95 bits per heavy atom. The number of carbonyl (C=O) groups excluding carboxylic acids is 2. The van der Waals surface area contributed by atoms with Gasteiger partial charge in [0.15, 0.2) is 0 Å². The summed E-state index contributed by atoms with van der Waals surface area (Å²) in [5, 5.41) is 0. The summed E-state index contributed by atoms with van der Waals surface area (Å²) < 4.78 is 10.1. The van der Waals surface area contributed by atoms with E-state index in [1.165, 1.54) is 0 Å². The summed E-state index contributed by atoms with van der Waals surface area (Å²) in [5.41, 5.74) is 0.841. The van der Waals surface area contributed by atoms with Crippen LogP contribution in [0.15, 0.2) is 24.3 Å². The zero-order valence-electron chi connectivity index (χ0n) is 13.2. The van der Waals surface area contributed by atoms with Crippen molar-refractivity contribution in [3.63, 3.8) is 0 Å². The fraction of sp³-hybridized carbons (Fsp3) is 0.500. The molecule has 6 nitrogen and oxygen atoms in total. The number of ether oxygens (including phenoxy) is 2. The largest absolute Gasteiger partial charge is 0.497 e. The number of hydrogen-bond acceptors (Lipinski definition) is 5. The Kier molecular flexibility index (Phi) is 5.38. The number of carbonyl (C=O) groups is 2. The number of hydrogen-bond donors (Lipinski definition) is 0. The second kappa shape index (κ2) is 7.26. The van der Waals surface area contributed by atoms with Crippen LogP contribution in [0.2, 0.25) is 0 Å². The van der Waals surface area contributed by atoms with Crippen molar-refractivity contribution < 1.29 is 19.1 Å². The Morgan fingerprint density at radius 3 is 2.55 bits per heavy atom. The smallest absolute Gasteiger partial charge is 0.320 e. The van der Waals surface area contributed by atoms with Crippen LogP contribution in [-0.2, 0) is 14.3 Å². The maximum Gasteiger partial charge on any atom is 0.320 e. The van der Waals surface area contributed by atoms with Gasteiger partial charge in [-0.15, -0.1) is 0 Å². The average molecular weight is 306 g/mol. The number of benzene rings is 1. The van der Waals surface area contributed by atoms with E-state index in [1.807, 2.05) is 36.1 Å². The van der Waals surface area contributed by atoms with Gasteiger partial charge >= 0.3 is 5.97 Å². The molecule has 1 fully saturated rings. The number of methoxy groups -OCH3 is 1. The van der Waals surface area contributed by atoms with E-state index in [9.17, 15) is 9.59 Å². The maximum absolute atomic E-state index is 12.5. The third kappa shape index (κ3) is 3.57. The molecule has 0 aliphatic carbocycles. The van der Waals surface area contributed by atoms with Crippen LogP contribution in [0.1, 0.15) is 13.8 Å². The van der Waals surface area contributed by atoms with Crippen molar-refractivity contribution >= 4 is 17.6 Å². The van der Waals surface area contributed by atoms with Crippen molar-refractivity contribution in [2.75, 3.05) is 38.3 Å². The predicted molar refractivity (Wildman–Crippen MR) is 83.0 cm³/mol. The molecule has 1 unspecified atom stereocenters. The number of nitrogens with zero attached hydrogens (tertiary/aromatic N) is 2. The Labute approximate surface area is 130 Å². The summed E-state index contributed by atoms with van der Waals surface area (Å²) in [6.45, 7) is 5.28. The van der Waals surface area contributed by atoms with Gasteiger partial charge in [0.25, 0.3) is 0 Å². The lowest BCUT2D eigenvalue weighted by molar-refractivity contribution is -0.145. The van der Waals surface area contributed by atoms with Gasteiger partial charge in [-0.1, -0.05) is 0 Å². The van der Waals surface area contributed by atoms with Crippen molar-refractivity contribution in [1.29, 1.82) is 0 Å². The van der Waals surface area contributed by atoms with Crippen molar-refractivity contribution in [3.8, 4) is 5.75 Å². The first-order chi connectivity index (χ1) is 10.6. The molecule has 0 aromatic heterocycles. The molecule has 22 heavy (non-hydrogen) atoms. The second-order valence-corrected chi connectivity index (χ2v) is 5.14. The van der Waals surface area contributed by atoms with E-state index >= 15 is 0 Å². The van der Waals surface area contributed by atoms with Gasteiger partial charge in [-0.2, -0.15) is 0 Å². The minimum Gasteiger partial charge on any atom is -0.497 e. The lowest BCUT2D eigenvalue weighted by Crippen LogP contribution is -2.57. The Morgan fingerprint density at radius 1 is 1.27 bits per heavy atom. The molecule has 1 aromatic carbocycles. The number of rotatable bonds is 5. The second-order valence-electron chi connectivity index (χ2n) is 5.14. The molecule has 1 amide bonds. The van der Waals surface area contributed by atoms with Crippen LogP contribution in [0.3, 0.4) is 0 Å². The van der Waals surface area contributed by atoms with Crippen molar-refractivity contribution in [3.05, 3.63) is 24.3 Å². The zero-order valence-corrected chi connectivity index (χ0v) is 13.2. The third-order valence-corrected chi connectivity index (χ3v) is 3.80. The van der Waals surface area contributed by atoms with Crippen LogP contribution in [0.5, 0.6) is 5.75 Å². The molecule has 1 saturated heterocycles. The number of amides is 1. The average Bonchev–Trinajstić information content (AvgIpc) is 2.52. The summed E-state index contributed by atoms with van der Waals surface area (Å²) >= 11 is 0. The summed E-state index contributed by atoms with van der Waals surface area (Å²) in [4.78, 5) is 27.7. The van der Waals surface area contributed by atoms with E-state index in [2.05, 4.69) is 0 Å². The molecule has 1 aliphatic heterocycles. The first-order valence-corrected chi connectivity index (χ1v) is 7.42. The van der Waals surface area contributed by atoms with Crippen molar-refractivity contribution in [2.45, 2.75) is 19.9 Å². The summed E-state index contributed by atoms with van der Waals surface area (Å²) in [5.74, 6) is 0.450. The van der Waals surface area contributed by atoms with Gasteiger partial charge in [-0.05, 0) is 38.1 Å². The Bertz CT molecular complexity index is 529. The molecule has 1 aliphatic rings. The van der Waals surface area contributed by atoms with Gasteiger partial charge in [0, 0.05) is 18.8 Å². The topological polar surface area (TPSA) is 59.1 Å². The normalized spacial score (nSPS) is 19.1. The monoisotopic (exact) mass is 306 g/mol. The number of piperazine rings is 1. The van der Waals surface area contributed by atoms with Crippen LogP contribution in [-0.4, -0.2) is 56.2 Å². The molecule has 0 spiro atoms. The molecule has 2 rings (SSSR count). The quantitative estimate of drug-likeness (QED) is 0.767. The molecule has 0 bridgehead atoms. The minimum atomic E-state index is -0.347. The predicted octanol–water partition coefficient (Wildman–Crippen LogP) is 1.30. The van der Waals surface area contributed by atoms with Gasteiger partial charge in [-0.3, -0.25) is 14.5 Å². The molecular formula is C16H22N2O4. The Balaban J connectivity index is 2.03. The van der Waals surface area contributed by atoms with E-state index in [0.29, 0.717) is 19.7 Å². The maximum atomic E-state index is 12.5. The van der Waals surface area contributed by atoms with Crippen LogP contribution in [0.4, 0.5) is 5.69 Å². The fourth-order valence-corrected chi connectivity index (χ4v) is 2.52. The molecule has 1 aromatic rings. The molecule has 6 heteroatoms. The number of esters is 1. The minimum absolute atomic E-state index is 0.0132. The molecule has 1 atom stereocenters. The van der Waals surface area contributed by atoms with E-state index < -0.39 is 0 Å². The van der Waals surface area contributed by atoms with Gasteiger partial charge in [0.2, 0.25) is 5.91 Å². The SMILES string of the molecule is CCOC(=O)CN1CCN(c2ccc(OC)cc2)C(=O)C1C. The van der Waals surface area contributed by atoms with Gasteiger partial charge in [0.05, 0.1) is 26.3 Å². The number of anilines is 1. The summed E-state index contributed by atoms with van der Waals surface area (Å²) in [6.07, 6.45) is 0. The van der Waals surface area contributed by atoms with Gasteiger partial charge < -0.3 is 14.4 Å². The lowest BCUT2D eigenvalue weighted by atomic mass is 10.1. The standard InChI is InChI=1S/C16H22N2O4/c1-4-22-15(19)11-17-9-10-18(16(20)12(17)2)13-5-7-14(21-3)8-6-13/h5-8,12H,4,9-11H2,1-3H3. The highest BCUT2D eigenvalue weighted by Crippen LogP contribution is 2.23. The first kappa shape index (κ1) is 16.3. The van der Waals surface area contributed by atoms with E-state index in [1.54, 1.807) is 18.9 Å². The highest BCUT2D eigenvalue weighted by molar-refractivity contribution is 5.98. The first-order valence-electron chi connectivity index (χ1n) is 7.42. The molecular weight excluding hydrogens is 284 g/mol. The van der Waals surface area contributed by atoms with Crippen molar-refractivity contribution in [2.24, 2.45) is 0 Å². The zero-order chi connectivity index (χ0) is 16.1. The molecule has 1 heterocycles. The van der Waals surface area contributed by atoms with Crippen molar-refractivity contribution in [1.82, 2.24) is 4.90 Å². The van der Waals surface area contributed by atoms with Crippen LogP contribution in [0, 0.1) is 0 Å². The van der Waals surface area contributed by atoms with E-state index in [-0.39, 0.29) is 24.5 Å². The van der Waals surface area contributed by atoms with Crippen LogP contribution >= 0.6 is 0 Å². The summed E-state index contributed by atoms with van der Waals surface area (Å²) in [7, 11) is 1.61. The molecule has 120 valence electrons. The molecule has 0 radical (unpaired) electrons. The van der Waals surface area contributed by atoms with Gasteiger partial charge in [-0.25, -0.2) is 0 Å². The van der Waals surface area contributed by atoms with E-state index in [4.69, 9.17) is 9.47 Å². The summed E-state index contributed by atoms with van der Waals surface area (Å²) in [6, 6.07) is 7.05. The van der Waals surface area contributed by atoms with Gasteiger partial charge in [0.1, 0.15) is 5.75 Å². The Hall–Kier alpha value is -2.08. The van der Waals surface area contributed by atoms with E-state index in [0.717, 1.165) is 11.4 Å². The van der Waals surface area contributed by atoms with Crippen LogP contribution in [0.25, 0.3) is 0 Å². The fourth-order valence-electron chi connectivity index (χ4n) is 2.52. The third-order valence-electron chi connectivity index (χ3n) is 3.80. The highest BCUT2D eigenvalue weighted by Gasteiger charge is 2.33.